The van der Waals surface area contributed by atoms with Gasteiger partial charge in [0.1, 0.15) is 18.1 Å². The number of morpholine rings is 1. The molecule has 0 saturated carbocycles. The number of hydrogen-bond donors (Lipinski definition) is 2. The van der Waals surface area contributed by atoms with E-state index in [0.717, 1.165) is 55.6 Å². The Balaban J connectivity index is 0.00000300. The number of ether oxygens (including phenoxy) is 3. The molecule has 0 bridgehead atoms. The number of para-hydroxylation sites is 2. The van der Waals surface area contributed by atoms with Gasteiger partial charge in [-0.3, -0.25) is 4.90 Å². The summed E-state index contributed by atoms with van der Waals surface area (Å²) in [5, 5.41) is 3.07. The van der Waals surface area contributed by atoms with E-state index in [9.17, 15) is 0 Å². The zero-order chi connectivity index (χ0) is 19.6. The van der Waals surface area contributed by atoms with Crippen molar-refractivity contribution in [2.24, 2.45) is 10.7 Å². The van der Waals surface area contributed by atoms with Gasteiger partial charge in [0.05, 0.1) is 32.6 Å². The maximum atomic E-state index is 6.01. The van der Waals surface area contributed by atoms with Crippen molar-refractivity contribution in [2.75, 3.05) is 51.9 Å². The van der Waals surface area contributed by atoms with Crippen molar-refractivity contribution < 1.29 is 14.2 Å². The molecule has 0 aromatic heterocycles. The third-order valence-electron chi connectivity index (χ3n) is 4.48. The van der Waals surface area contributed by atoms with Crippen molar-refractivity contribution in [2.45, 2.75) is 6.54 Å². The van der Waals surface area contributed by atoms with Gasteiger partial charge in [0.25, 0.3) is 0 Å². The Morgan fingerprint density at radius 2 is 1.97 bits per heavy atom. The third-order valence-corrected chi connectivity index (χ3v) is 4.48. The largest absolute Gasteiger partial charge is 0.495 e. The lowest BCUT2D eigenvalue weighted by atomic mass is 10.2. The monoisotopic (exact) mass is 512 g/mol. The van der Waals surface area contributed by atoms with Crippen molar-refractivity contribution in [3.8, 4) is 11.5 Å². The van der Waals surface area contributed by atoms with Gasteiger partial charge in [-0.1, -0.05) is 24.3 Å². The number of nitrogens with one attached hydrogen (secondary N) is 1. The number of nitrogens with zero attached hydrogens (tertiary/aromatic N) is 2. The first-order chi connectivity index (χ1) is 13.7. The number of aliphatic imine (C=N–C) groups is 1. The molecule has 0 aliphatic carbocycles. The van der Waals surface area contributed by atoms with Crippen LogP contribution in [0.5, 0.6) is 11.5 Å². The molecule has 1 saturated heterocycles. The average molecular weight is 512 g/mol. The zero-order valence-electron chi connectivity index (χ0n) is 16.7. The number of halogens is 1. The highest BCUT2D eigenvalue weighted by Crippen LogP contribution is 2.22. The van der Waals surface area contributed by atoms with Gasteiger partial charge in [0.15, 0.2) is 5.96 Å². The van der Waals surface area contributed by atoms with Crippen molar-refractivity contribution in [1.29, 1.82) is 0 Å². The summed E-state index contributed by atoms with van der Waals surface area (Å²) in [6.07, 6.45) is 0. The summed E-state index contributed by atoms with van der Waals surface area (Å²) in [5.41, 5.74) is 7.83. The highest BCUT2D eigenvalue weighted by molar-refractivity contribution is 14.0. The van der Waals surface area contributed by atoms with E-state index in [0.29, 0.717) is 19.1 Å². The molecule has 29 heavy (non-hydrogen) atoms. The number of guanidine groups is 1. The van der Waals surface area contributed by atoms with Crippen LogP contribution in [0.25, 0.3) is 0 Å². The van der Waals surface area contributed by atoms with Crippen LogP contribution in [0, 0.1) is 0 Å². The fourth-order valence-corrected chi connectivity index (χ4v) is 2.95. The second-order valence-corrected chi connectivity index (χ2v) is 6.48. The Bertz CT molecular complexity index is 782. The zero-order valence-corrected chi connectivity index (χ0v) is 19.0. The van der Waals surface area contributed by atoms with Crippen LogP contribution in [0.1, 0.15) is 5.56 Å². The molecule has 8 heteroatoms. The molecular weight excluding hydrogens is 483 g/mol. The van der Waals surface area contributed by atoms with Gasteiger partial charge in [0, 0.05) is 19.6 Å². The molecule has 0 spiro atoms. The molecule has 158 valence electrons. The van der Waals surface area contributed by atoms with Gasteiger partial charge < -0.3 is 25.3 Å². The summed E-state index contributed by atoms with van der Waals surface area (Å²) in [6.45, 7) is 5.57. The molecule has 0 atom stereocenters. The molecular formula is C21H29IN4O3. The van der Waals surface area contributed by atoms with Crippen LogP contribution < -0.4 is 20.5 Å². The van der Waals surface area contributed by atoms with Gasteiger partial charge in [-0.2, -0.15) is 0 Å². The summed E-state index contributed by atoms with van der Waals surface area (Å²) in [6, 6.07) is 15.5. The van der Waals surface area contributed by atoms with Gasteiger partial charge in [-0.15, -0.1) is 24.0 Å². The summed E-state index contributed by atoms with van der Waals surface area (Å²) in [4.78, 5) is 6.76. The van der Waals surface area contributed by atoms with Crippen LogP contribution in [-0.2, 0) is 11.3 Å². The molecule has 0 amide bonds. The normalized spacial score (nSPS) is 14.7. The number of nitrogens with two attached hydrogens (primary N) is 1. The minimum absolute atomic E-state index is 0. The van der Waals surface area contributed by atoms with E-state index in [1.165, 1.54) is 0 Å². The van der Waals surface area contributed by atoms with E-state index in [4.69, 9.17) is 19.9 Å². The molecule has 2 aromatic carbocycles. The fourth-order valence-electron chi connectivity index (χ4n) is 2.95. The lowest BCUT2D eigenvalue weighted by molar-refractivity contribution is 0.0322. The first-order valence-electron chi connectivity index (χ1n) is 9.46. The standard InChI is InChI=1S/C21H28N4O3.HI/c1-26-20-8-3-2-7-19(20)24-21(22)23-16-17-5-4-6-18(15-17)28-14-11-25-9-12-27-13-10-25;/h2-8,15H,9-14,16H2,1H3,(H3,22,23,24);1H. The van der Waals surface area contributed by atoms with E-state index in [1.807, 2.05) is 48.5 Å². The first-order valence-corrected chi connectivity index (χ1v) is 9.46. The van der Waals surface area contributed by atoms with Crippen LogP contribution in [0.3, 0.4) is 0 Å². The fraction of sp³-hybridized carbons (Fsp3) is 0.381. The second-order valence-electron chi connectivity index (χ2n) is 6.48. The lowest BCUT2D eigenvalue weighted by Gasteiger charge is -2.26. The topological polar surface area (TPSA) is 81.3 Å². The van der Waals surface area contributed by atoms with Crippen molar-refractivity contribution in [1.82, 2.24) is 4.90 Å². The minimum Gasteiger partial charge on any atom is -0.495 e. The van der Waals surface area contributed by atoms with Crippen LogP contribution in [0.4, 0.5) is 5.69 Å². The number of benzene rings is 2. The molecule has 0 unspecified atom stereocenters. The lowest BCUT2D eigenvalue weighted by Crippen LogP contribution is -2.38. The Kier molecular flexibility index (Phi) is 10.0. The van der Waals surface area contributed by atoms with Crippen molar-refractivity contribution in [3.63, 3.8) is 0 Å². The SMILES string of the molecule is COc1ccccc1NC(N)=NCc1cccc(OCCN2CCOCC2)c1.I. The molecule has 0 radical (unpaired) electrons. The molecule has 1 heterocycles. The Labute approximate surface area is 189 Å². The van der Waals surface area contributed by atoms with Gasteiger partial charge in [0.2, 0.25) is 0 Å². The summed E-state index contributed by atoms with van der Waals surface area (Å²) < 4.78 is 16.6. The Morgan fingerprint density at radius 3 is 2.76 bits per heavy atom. The number of rotatable bonds is 8. The Hall–Kier alpha value is -2.04. The highest BCUT2D eigenvalue weighted by Gasteiger charge is 2.09. The summed E-state index contributed by atoms with van der Waals surface area (Å²) in [7, 11) is 1.62. The highest BCUT2D eigenvalue weighted by atomic mass is 127. The molecule has 7 nitrogen and oxygen atoms in total. The molecule has 1 aliphatic rings. The van der Waals surface area contributed by atoms with E-state index < -0.39 is 0 Å². The Morgan fingerprint density at radius 1 is 1.17 bits per heavy atom. The third kappa shape index (κ3) is 7.71. The molecule has 3 rings (SSSR count). The smallest absolute Gasteiger partial charge is 0.193 e. The molecule has 2 aromatic rings. The van der Waals surface area contributed by atoms with Gasteiger partial charge >= 0.3 is 0 Å². The predicted molar refractivity (Wildman–Crippen MR) is 127 cm³/mol. The van der Waals surface area contributed by atoms with Crippen LogP contribution in [-0.4, -0.2) is 57.4 Å². The molecule has 1 fully saturated rings. The van der Waals surface area contributed by atoms with Crippen molar-refractivity contribution >= 4 is 35.6 Å². The number of methoxy groups -OCH3 is 1. The first kappa shape index (κ1) is 23.2. The molecule has 3 N–H and O–H groups in total. The predicted octanol–water partition coefficient (Wildman–Crippen LogP) is 2.95. The van der Waals surface area contributed by atoms with Crippen LogP contribution >= 0.6 is 24.0 Å². The maximum absolute atomic E-state index is 6.01. The van der Waals surface area contributed by atoms with E-state index in [1.54, 1.807) is 7.11 Å². The van der Waals surface area contributed by atoms with Gasteiger partial charge in [-0.25, -0.2) is 4.99 Å². The summed E-state index contributed by atoms with van der Waals surface area (Å²) >= 11 is 0. The minimum atomic E-state index is 0. The van der Waals surface area contributed by atoms with E-state index in [2.05, 4.69) is 15.2 Å². The summed E-state index contributed by atoms with van der Waals surface area (Å²) in [5.74, 6) is 1.90. The molecule has 1 aliphatic heterocycles. The van der Waals surface area contributed by atoms with Gasteiger partial charge in [-0.05, 0) is 29.8 Å². The van der Waals surface area contributed by atoms with E-state index in [-0.39, 0.29) is 24.0 Å². The van der Waals surface area contributed by atoms with Crippen LogP contribution in [0.15, 0.2) is 53.5 Å². The van der Waals surface area contributed by atoms with E-state index >= 15 is 0 Å². The van der Waals surface area contributed by atoms with Crippen LogP contribution in [0.2, 0.25) is 0 Å². The average Bonchev–Trinajstić information content (AvgIpc) is 2.74. The van der Waals surface area contributed by atoms with Crippen molar-refractivity contribution in [3.05, 3.63) is 54.1 Å². The number of hydrogen-bond acceptors (Lipinski definition) is 5. The second kappa shape index (κ2) is 12.5. The maximum Gasteiger partial charge on any atom is 0.193 e. The number of anilines is 1. The quantitative estimate of drug-likeness (QED) is 0.322.